The Morgan fingerprint density at radius 1 is 1.43 bits per heavy atom. The Labute approximate surface area is 134 Å². The molecular formula is C16H20N6O. The number of aromatic nitrogens is 3. The molecule has 1 atom stereocenters. The fourth-order valence-corrected chi connectivity index (χ4v) is 3.31. The van der Waals surface area contributed by atoms with E-state index in [1.54, 1.807) is 6.33 Å². The Bertz CT molecular complexity index is 735. The molecule has 1 spiro atoms. The van der Waals surface area contributed by atoms with E-state index in [9.17, 15) is 4.79 Å². The quantitative estimate of drug-likeness (QED) is 0.852. The van der Waals surface area contributed by atoms with Crippen molar-refractivity contribution in [3.8, 4) is 6.07 Å². The van der Waals surface area contributed by atoms with Crippen LogP contribution in [0.5, 0.6) is 0 Å². The molecule has 0 bridgehead atoms. The molecule has 0 radical (unpaired) electrons. The number of aromatic amines is 1. The van der Waals surface area contributed by atoms with Crippen molar-refractivity contribution in [1.82, 2.24) is 19.9 Å². The van der Waals surface area contributed by atoms with E-state index in [1.165, 1.54) is 0 Å². The zero-order valence-electron chi connectivity index (χ0n) is 13.2. The van der Waals surface area contributed by atoms with Crippen molar-refractivity contribution in [2.75, 3.05) is 24.5 Å². The fourth-order valence-electron chi connectivity index (χ4n) is 3.31. The van der Waals surface area contributed by atoms with Crippen LogP contribution in [0.25, 0.3) is 11.0 Å². The van der Waals surface area contributed by atoms with Gasteiger partial charge in [-0.05, 0) is 18.9 Å². The highest BCUT2D eigenvalue weighted by molar-refractivity contribution is 5.87. The van der Waals surface area contributed by atoms with E-state index in [4.69, 9.17) is 5.26 Å². The van der Waals surface area contributed by atoms with E-state index in [0.29, 0.717) is 6.42 Å². The summed E-state index contributed by atoms with van der Waals surface area (Å²) in [6.07, 6.45) is 7.22. The van der Waals surface area contributed by atoms with Crippen LogP contribution in [0.2, 0.25) is 0 Å². The molecule has 4 heterocycles. The molecule has 2 aliphatic rings. The van der Waals surface area contributed by atoms with Gasteiger partial charge in [-0.1, -0.05) is 6.92 Å². The van der Waals surface area contributed by atoms with E-state index >= 15 is 0 Å². The SMILES string of the molecule is CCC#N.O=CN1CC[C@@]12CCN(c1ncnc3[nH]ccc13)C2. The number of amides is 1. The molecular weight excluding hydrogens is 292 g/mol. The number of carbonyl (C=O) groups excluding carboxylic acids is 1. The van der Waals surface area contributed by atoms with Crippen molar-refractivity contribution >= 4 is 23.3 Å². The summed E-state index contributed by atoms with van der Waals surface area (Å²) in [7, 11) is 0. The summed E-state index contributed by atoms with van der Waals surface area (Å²) in [5, 5.41) is 8.68. The van der Waals surface area contributed by atoms with Crippen LogP contribution in [0, 0.1) is 11.3 Å². The summed E-state index contributed by atoms with van der Waals surface area (Å²) in [5.41, 5.74) is 0.918. The third-order valence-electron chi connectivity index (χ3n) is 4.68. The highest BCUT2D eigenvalue weighted by atomic mass is 16.1. The van der Waals surface area contributed by atoms with E-state index in [2.05, 4.69) is 19.9 Å². The van der Waals surface area contributed by atoms with Gasteiger partial charge in [0.15, 0.2) is 0 Å². The number of fused-ring (bicyclic) bond motifs is 1. The van der Waals surface area contributed by atoms with Gasteiger partial charge in [0, 0.05) is 32.3 Å². The van der Waals surface area contributed by atoms with Crippen LogP contribution < -0.4 is 4.90 Å². The molecule has 1 amide bonds. The van der Waals surface area contributed by atoms with Crippen LogP contribution in [0.4, 0.5) is 5.82 Å². The highest BCUT2D eigenvalue weighted by Gasteiger charge is 2.49. The minimum Gasteiger partial charge on any atom is -0.354 e. The number of H-pyrrole nitrogens is 1. The van der Waals surface area contributed by atoms with Gasteiger partial charge in [-0.3, -0.25) is 4.79 Å². The summed E-state index contributed by atoms with van der Waals surface area (Å²) in [6.45, 7) is 4.53. The molecule has 2 saturated heterocycles. The molecule has 7 nitrogen and oxygen atoms in total. The third kappa shape index (κ3) is 2.61. The molecule has 0 unspecified atom stereocenters. The molecule has 1 N–H and O–H groups in total. The minimum atomic E-state index is 0.0509. The number of nitriles is 1. The van der Waals surface area contributed by atoms with Crippen molar-refractivity contribution in [1.29, 1.82) is 5.26 Å². The van der Waals surface area contributed by atoms with Crippen LogP contribution in [0.3, 0.4) is 0 Å². The maximum Gasteiger partial charge on any atom is 0.210 e. The molecule has 2 aliphatic heterocycles. The van der Waals surface area contributed by atoms with Gasteiger partial charge in [-0.15, -0.1) is 0 Å². The fraction of sp³-hybridized carbons (Fsp3) is 0.500. The summed E-state index contributed by atoms with van der Waals surface area (Å²) in [4.78, 5) is 27.0. The number of carbonyl (C=O) groups is 1. The predicted octanol–water partition coefficient (Wildman–Crippen LogP) is 1.69. The van der Waals surface area contributed by atoms with Crippen LogP contribution in [-0.2, 0) is 4.79 Å². The van der Waals surface area contributed by atoms with Crippen LogP contribution in [0.15, 0.2) is 18.6 Å². The number of anilines is 1. The number of likely N-dealkylation sites (tertiary alicyclic amines) is 1. The van der Waals surface area contributed by atoms with Gasteiger partial charge in [0.05, 0.1) is 17.0 Å². The van der Waals surface area contributed by atoms with Crippen LogP contribution in [0.1, 0.15) is 26.2 Å². The van der Waals surface area contributed by atoms with Crippen molar-refractivity contribution in [3.63, 3.8) is 0 Å². The summed E-state index contributed by atoms with van der Waals surface area (Å²) in [6, 6.07) is 3.94. The Balaban J connectivity index is 0.000000354. The molecule has 0 saturated carbocycles. The van der Waals surface area contributed by atoms with Gasteiger partial charge in [0.1, 0.15) is 17.8 Å². The average molecular weight is 312 g/mol. The second-order valence-electron chi connectivity index (χ2n) is 5.89. The largest absolute Gasteiger partial charge is 0.354 e. The number of hydrogen-bond donors (Lipinski definition) is 1. The van der Waals surface area contributed by atoms with Crippen molar-refractivity contribution in [2.24, 2.45) is 0 Å². The lowest BCUT2D eigenvalue weighted by molar-refractivity contribution is -0.131. The zero-order valence-corrected chi connectivity index (χ0v) is 13.2. The Kier molecular flexibility index (Phi) is 4.15. The molecule has 120 valence electrons. The van der Waals surface area contributed by atoms with E-state index in [0.717, 1.165) is 55.7 Å². The number of rotatable bonds is 2. The second kappa shape index (κ2) is 6.24. The molecule has 2 aromatic rings. The Hall–Kier alpha value is -2.62. The zero-order chi connectivity index (χ0) is 16.3. The van der Waals surface area contributed by atoms with E-state index in [-0.39, 0.29) is 5.54 Å². The lowest BCUT2D eigenvalue weighted by atomic mass is 9.84. The highest BCUT2D eigenvalue weighted by Crippen LogP contribution is 2.40. The standard InChI is InChI=1S/C13H15N5O.C3H5N/c19-9-18-6-3-13(18)2-5-17(7-13)12-10-1-4-14-11(10)15-8-16-12;1-2-3-4/h1,4,8-9H,2-3,5-7H2,(H,14,15,16);2H2,1H3/t13-;/m1./s1. The number of hydrogen-bond acceptors (Lipinski definition) is 5. The number of nitrogens with one attached hydrogen (secondary N) is 1. The van der Waals surface area contributed by atoms with Crippen molar-refractivity contribution < 1.29 is 4.79 Å². The maximum atomic E-state index is 11.0. The van der Waals surface area contributed by atoms with Crippen LogP contribution >= 0.6 is 0 Å². The molecule has 4 rings (SSSR count). The first-order valence-corrected chi connectivity index (χ1v) is 7.86. The lowest BCUT2D eigenvalue weighted by Crippen LogP contribution is -2.60. The second-order valence-corrected chi connectivity index (χ2v) is 5.89. The number of nitrogens with zero attached hydrogens (tertiary/aromatic N) is 5. The van der Waals surface area contributed by atoms with Gasteiger partial charge >= 0.3 is 0 Å². The first kappa shape index (κ1) is 15.3. The van der Waals surface area contributed by atoms with Gasteiger partial charge in [0.25, 0.3) is 0 Å². The minimum absolute atomic E-state index is 0.0509. The third-order valence-corrected chi connectivity index (χ3v) is 4.68. The first-order chi connectivity index (χ1) is 11.2. The van der Waals surface area contributed by atoms with Gasteiger partial charge in [-0.2, -0.15) is 5.26 Å². The Morgan fingerprint density at radius 3 is 2.87 bits per heavy atom. The first-order valence-electron chi connectivity index (χ1n) is 7.86. The van der Waals surface area contributed by atoms with Crippen LogP contribution in [-0.4, -0.2) is 51.4 Å². The molecule has 0 aliphatic carbocycles. The average Bonchev–Trinajstić information content (AvgIpc) is 3.22. The summed E-state index contributed by atoms with van der Waals surface area (Å²) >= 11 is 0. The van der Waals surface area contributed by atoms with Gasteiger partial charge in [-0.25, -0.2) is 9.97 Å². The smallest absolute Gasteiger partial charge is 0.210 e. The van der Waals surface area contributed by atoms with E-state index < -0.39 is 0 Å². The lowest BCUT2D eigenvalue weighted by Gasteiger charge is -2.48. The molecule has 2 aromatic heterocycles. The normalized spacial score (nSPS) is 22.4. The van der Waals surface area contributed by atoms with Crippen molar-refractivity contribution in [2.45, 2.75) is 31.7 Å². The summed E-state index contributed by atoms with van der Waals surface area (Å²) in [5.74, 6) is 0.973. The van der Waals surface area contributed by atoms with Gasteiger partial charge in [0.2, 0.25) is 6.41 Å². The maximum absolute atomic E-state index is 11.0. The monoisotopic (exact) mass is 312 g/mol. The topological polar surface area (TPSA) is 88.9 Å². The molecule has 7 heteroatoms. The Morgan fingerprint density at radius 2 is 2.22 bits per heavy atom. The molecule has 2 fully saturated rings. The van der Waals surface area contributed by atoms with Gasteiger partial charge < -0.3 is 14.8 Å². The van der Waals surface area contributed by atoms with Crippen molar-refractivity contribution in [3.05, 3.63) is 18.6 Å². The molecule has 23 heavy (non-hydrogen) atoms. The van der Waals surface area contributed by atoms with E-state index in [1.807, 2.05) is 30.2 Å². The summed E-state index contributed by atoms with van der Waals surface area (Å²) < 4.78 is 0. The molecule has 0 aromatic carbocycles. The predicted molar refractivity (Wildman–Crippen MR) is 86.7 cm³/mol.